The largest absolute Gasteiger partial charge is 0.369 e. The van der Waals surface area contributed by atoms with Gasteiger partial charge in [0.1, 0.15) is 0 Å². The molecule has 1 heterocycles. The van der Waals surface area contributed by atoms with Gasteiger partial charge in [0.05, 0.1) is 4.90 Å². The Bertz CT molecular complexity index is 801. The lowest BCUT2D eigenvalue weighted by Gasteiger charge is -2.35. The summed E-state index contributed by atoms with van der Waals surface area (Å²) < 4.78 is 27.0. The van der Waals surface area contributed by atoms with Gasteiger partial charge in [-0.05, 0) is 35.2 Å². The fourth-order valence-corrected chi connectivity index (χ4v) is 4.54. The first-order valence-electron chi connectivity index (χ1n) is 8.69. The van der Waals surface area contributed by atoms with E-state index < -0.39 is 10.0 Å². The molecule has 0 unspecified atom stereocenters. The van der Waals surface area contributed by atoms with Gasteiger partial charge in [-0.2, -0.15) is 4.31 Å². The van der Waals surface area contributed by atoms with Crippen LogP contribution in [0.5, 0.6) is 0 Å². The lowest BCUT2D eigenvalue weighted by atomic mass is 9.87. The predicted molar refractivity (Wildman–Crippen MR) is 103 cm³/mol. The van der Waals surface area contributed by atoms with E-state index in [1.165, 1.54) is 5.56 Å². The van der Waals surface area contributed by atoms with Crippen molar-refractivity contribution in [1.82, 2.24) is 4.31 Å². The summed E-state index contributed by atoms with van der Waals surface area (Å²) in [7, 11) is -3.39. The summed E-state index contributed by atoms with van der Waals surface area (Å²) >= 11 is 0. The quantitative estimate of drug-likeness (QED) is 0.843. The molecule has 1 saturated heterocycles. The van der Waals surface area contributed by atoms with Crippen molar-refractivity contribution < 1.29 is 8.42 Å². The number of nitrogens with zero attached hydrogens (tertiary/aromatic N) is 2. The number of benzene rings is 2. The molecule has 5 heteroatoms. The molecule has 0 amide bonds. The Hall–Kier alpha value is -1.85. The van der Waals surface area contributed by atoms with Crippen molar-refractivity contribution in [2.45, 2.75) is 31.1 Å². The van der Waals surface area contributed by atoms with Crippen LogP contribution in [0.1, 0.15) is 26.3 Å². The third-order valence-corrected chi connectivity index (χ3v) is 6.63. The average molecular weight is 359 g/mol. The van der Waals surface area contributed by atoms with Gasteiger partial charge in [0.15, 0.2) is 0 Å². The summed E-state index contributed by atoms with van der Waals surface area (Å²) in [5, 5.41) is 0. The first kappa shape index (κ1) is 18.0. The molecule has 0 atom stereocenters. The van der Waals surface area contributed by atoms with Gasteiger partial charge in [0.2, 0.25) is 10.0 Å². The van der Waals surface area contributed by atoms with E-state index in [9.17, 15) is 8.42 Å². The Balaban J connectivity index is 1.68. The number of piperazine rings is 1. The number of sulfonamides is 1. The van der Waals surface area contributed by atoms with Crippen molar-refractivity contribution >= 4 is 15.7 Å². The minimum atomic E-state index is -3.39. The first-order chi connectivity index (χ1) is 11.8. The molecule has 2 aromatic rings. The molecule has 1 aliphatic rings. The van der Waals surface area contributed by atoms with Gasteiger partial charge in [-0.1, -0.05) is 51.1 Å². The summed E-state index contributed by atoms with van der Waals surface area (Å²) in [4.78, 5) is 2.63. The lowest BCUT2D eigenvalue weighted by Crippen LogP contribution is -2.48. The normalized spacial score (nSPS) is 16.8. The van der Waals surface area contributed by atoms with Gasteiger partial charge in [-0.15, -0.1) is 0 Å². The minimum Gasteiger partial charge on any atom is -0.369 e. The molecule has 3 rings (SSSR count). The summed E-state index contributed by atoms with van der Waals surface area (Å²) in [6.07, 6.45) is 0. The van der Waals surface area contributed by atoms with Crippen LogP contribution in [-0.2, 0) is 15.4 Å². The summed E-state index contributed by atoms with van der Waals surface area (Å²) in [5.41, 5.74) is 2.60. The van der Waals surface area contributed by atoms with Crippen molar-refractivity contribution in [3.63, 3.8) is 0 Å². The molecule has 134 valence electrons. The molecule has 4 nitrogen and oxygen atoms in total. The molecule has 0 bridgehead atoms. The van der Waals surface area contributed by atoms with Gasteiger partial charge < -0.3 is 4.90 Å². The third-order valence-electron chi connectivity index (χ3n) is 4.72. The van der Waals surface area contributed by atoms with E-state index in [-0.39, 0.29) is 5.41 Å². The van der Waals surface area contributed by atoms with Gasteiger partial charge in [0, 0.05) is 31.9 Å². The molecule has 0 aliphatic carbocycles. The highest BCUT2D eigenvalue weighted by atomic mass is 32.2. The van der Waals surface area contributed by atoms with Crippen LogP contribution in [0.25, 0.3) is 0 Å². The fraction of sp³-hybridized carbons (Fsp3) is 0.400. The molecule has 25 heavy (non-hydrogen) atoms. The lowest BCUT2D eigenvalue weighted by molar-refractivity contribution is 0.385. The molecule has 2 aromatic carbocycles. The second-order valence-electron chi connectivity index (χ2n) is 7.50. The molecular formula is C20H26N2O2S. The van der Waals surface area contributed by atoms with Gasteiger partial charge in [-0.25, -0.2) is 8.42 Å². The second-order valence-corrected chi connectivity index (χ2v) is 9.44. The van der Waals surface area contributed by atoms with Crippen molar-refractivity contribution in [1.29, 1.82) is 0 Å². The molecule has 1 fully saturated rings. The molecule has 0 aromatic heterocycles. The Morgan fingerprint density at radius 3 is 1.88 bits per heavy atom. The number of hydrogen-bond donors (Lipinski definition) is 0. The number of rotatable bonds is 3. The van der Waals surface area contributed by atoms with Crippen LogP contribution in [0, 0.1) is 0 Å². The fourth-order valence-electron chi connectivity index (χ4n) is 3.10. The summed E-state index contributed by atoms with van der Waals surface area (Å²) in [6, 6.07) is 17.3. The second kappa shape index (κ2) is 6.81. The standard InChI is InChI=1S/C20H26N2O2S/c1-20(2,3)17-9-11-18(12-10-17)21-13-15-22(16-14-21)25(23,24)19-7-5-4-6-8-19/h4-12H,13-16H2,1-3H3. The third kappa shape index (κ3) is 3.88. The monoisotopic (exact) mass is 358 g/mol. The molecule has 0 spiro atoms. The maximum Gasteiger partial charge on any atom is 0.243 e. The predicted octanol–water partition coefficient (Wildman–Crippen LogP) is 3.50. The van der Waals surface area contributed by atoms with Gasteiger partial charge in [-0.3, -0.25) is 0 Å². The molecule has 0 radical (unpaired) electrons. The topological polar surface area (TPSA) is 40.6 Å². The Kier molecular flexibility index (Phi) is 4.89. The highest BCUT2D eigenvalue weighted by Gasteiger charge is 2.28. The molecule has 0 N–H and O–H groups in total. The zero-order valence-electron chi connectivity index (χ0n) is 15.1. The highest BCUT2D eigenvalue weighted by Crippen LogP contribution is 2.26. The molecular weight excluding hydrogens is 332 g/mol. The van der Waals surface area contributed by atoms with E-state index in [4.69, 9.17) is 0 Å². The maximum atomic E-state index is 12.7. The zero-order valence-corrected chi connectivity index (χ0v) is 16.0. The van der Waals surface area contributed by atoms with Crippen LogP contribution in [0.3, 0.4) is 0 Å². The van der Waals surface area contributed by atoms with E-state index in [0.29, 0.717) is 31.1 Å². The zero-order chi connectivity index (χ0) is 18.1. The van der Waals surface area contributed by atoms with Crippen LogP contribution < -0.4 is 4.90 Å². The maximum absolute atomic E-state index is 12.7. The van der Waals surface area contributed by atoms with Crippen LogP contribution in [0.15, 0.2) is 59.5 Å². The Morgan fingerprint density at radius 1 is 0.800 bits per heavy atom. The van der Waals surface area contributed by atoms with E-state index in [1.807, 2.05) is 6.07 Å². The molecule has 1 aliphatic heterocycles. The van der Waals surface area contributed by atoms with Crippen molar-refractivity contribution in [3.8, 4) is 0 Å². The summed E-state index contributed by atoms with van der Waals surface area (Å²) in [5.74, 6) is 0. The van der Waals surface area contributed by atoms with Crippen LogP contribution in [-0.4, -0.2) is 38.9 Å². The van der Waals surface area contributed by atoms with E-state index in [2.05, 4.69) is 49.9 Å². The smallest absolute Gasteiger partial charge is 0.243 e. The van der Waals surface area contributed by atoms with Gasteiger partial charge >= 0.3 is 0 Å². The number of anilines is 1. The van der Waals surface area contributed by atoms with Crippen LogP contribution in [0.2, 0.25) is 0 Å². The van der Waals surface area contributed by atoms with Crippen LogP contribution >= 0.6 is 0 Å². The Labute approximate surface area is 151 Å². The van der Waals surface area contributed by atoms with E-state index >= 15 is 0 Å². The SMILES string of the molecule is CC(C)(C)c1ccc(N2CCN(S(=O)(=O)c3ccccc3)CC2)cc1. The van der Waals surface area contributed by atoms with E-state index in [0.717, 1.165) is 5.69 Å². The van der Waals surface area contributed by atoms with Crippen LogP contribution in [0.4, 0.5) is 5.69 Å². The minimum absolute atomic E-state index is 0.140. The summed E-state index contributed by atoms with van der Waals surface area (Å²) in [6.45, 7) is 9.05. The van der Waals surface area contributed by atoms with Gasteiger partial charge in [0.25, 0.3) is 0 Å². The van der Waals surface area contributed by atoms with Crippen molar-refractivity contribution in [2.75, 3.05) is 31.1 Å². The van der Waals surface area contributed by atoms with Crippen molar-refractivity contribution in [2.24, 2.45) is 0 Å². The number of hydrogen-bond acceptors (Lipinski definition) is 3. The molecule has 0 saturated carbocycles. The van der Waals surface area contributed by atoms with E-state index in [1.54, 1.807) is 28.6 Å². The van der Waals surface area contributed by atoms with Crippen molar-refractivity contribution in [3.05, 3.63) is 60.2 Å². The first-order valence-corrected chi connectivity index (χ1v) is 10.1. The Morgan fingerprint density at radius 2 is 1.36 bits per heavy atom. The average Bonchev–Trinajstić information content (AvgIpc) is 2.62. The highest BCUT2D eigenvalue weighted by molar-refractivity contribution is 7.89.